The number of amides is 1. The van der Waals surface area contributed by atoms with Gasteiger partial charge in [0.2, 0.25) is 5.91 Å². The minimum Gasteiger partial charge on any atom is -0.352 e. The smallest absolute Gasteiger partial charge is 0.224 e. The van der Waals surface area contributed by atoms with Crippen LogP contribution in [0.2, 0.25) is 0 Å². The Morgan fingerprint density at radius 2 is 2.33 bits per heavy atom. The highest BCUT2D eigenvalue weighted by atomic mass is 79.9. The summed E-state index contributed by atoms with van der Waals surface area (Å²) in [4.78, 5) is 11.8. The summed E-state index contributed by atoms with van der Waals surface area (Å²) in [5, 5.41) is 6.36. The second-order valence-corrected chi connectivity index (χ2v) is 5.33. The molecule has 0 aromatic heterocycles. The first-order valence-electron chi connectivity index (χ1n) is 5.98. The van der Waals surface area contributed by atoms with E-state index in [-0.39, 0.29) is 18.3 Å². The van der Waals surface area contributed by atoms with Gasteiger partial charge in [0, 0.05) is 17.1 Å². The van der Waals surface area contributed by atoms with Crippen LogP contribution in [-0.4, -0.2) is 25.0 Å². The molecule has 2 N–H and O–H groups in total. The molecule has 100 valence electrons. The molecule has 1 aromatic rings. The Morgan fingerprint density at radius 1 is 1.50 bits per heavy atom. The van der Waals surface area contributed by atoms with Crippen LogP contribution < -0.4 is 10.6 Å². The first-order valence-corrected chi connectivity index (χ1v) is 6.78. The van der Waals surface area contributed by atoms with Crippen LogP contribution in [0.25, 0.3) is 0 Å². The topological polar surface area (TPSA) is 41.1 Å². The summed E-state index contributed by atoms with van der Waals surface area (Å²) in [6.07, 6.45) is 2.68. The van der Waals surface area contributed by atoms with Crippen LogP contribution in [0.15, 0.2) is 28.7 Å². The van der Waals surface area contributed by atoms with E-state index in [1.54, 1.807) is 0 Å². The van der Waals surface area contributed by atoms with Crippen molar-refractivity contribution < 1.29 is 4.79 Å². The van der Waals surface area contributed by atoms with Gasteiger partial charge in [-0.2, -0.15) is 0 Å². The molecular formula is C13H18BrClN2O. The lowest BCUT2D eigenvalue weighted by Gasteiger charge is -2.23. The zero-order chi connectivity index (χ0) is 12.1. The molecule has 0 spiro atoms. The van der Waals surface area contributed by atoms with Gasteiger partial charge >= 0.3 is 0 Å². The Labute approximate surface area is 122 Å². The predicted molar refractivity (Wildman–Crippen MR) is 79.1 cm³/mol. The number of hydrogen-bond acceptors (Lipinski definition) is 2. The van der Waals surface area contributed by atoms with Crippen molar-refractivity contribution in [3.63, 3.8) is 0 Å². The van der Waals surface area contributed by atoms with E-state index in [9.17, 15) is 4.79 Å². The summed E-state index contributed by atoms with van der Waals surface area (Å²) < 4.78 is 1.02. The fraction of sp³-hybridized carbons (Fsp3) is 0.462. The van der Waals surface area contributed by atoms with Crippen molar-refractivity contribution in [2.45, 2.75) is 25.3 Å². The van der Waals surface area contributed by atoms with Crippen molar-refractivity contribution in [2.75, 3.05) is 13.1 Å². The molecule has 1 fully saturated rings. The number of nitrogens with one attached hydrogen (secondary N) is 2. The zero-order valence-electron chi connectivity index (χ0n) is 10.1. The third-order valence-electron chi connectivity index (χ3n) is 2.92. The molecule has 1 aliphatic heterocycles. The first kappa shape index (κ1) is 15.5. The van der Waals surface area contributed by atoms with Gasteiger partial charge in [0.05, 0.1) is 6.42 Å². The maximum atomic E-state index is 11.8. The molecule has 0 bridgehead atoms. The van der Waals surface area contributed by atoms with E-state index in [2.05, 4.69) is 26.6 Å². The van der Waals surface area contributed by atoms with Crippen LogP contribution in [0, 0.1) is 0 Å². The normalized spacial score (nSPS) is 18.8. The molecule has 1 aromatic carbocycles. The lowest BCUT2D eigenvalue weighted by molar-refractivity contribution is -0.121. The first-order chi connectivity index (χ1) is 8.24. The van der Waals surface area contributed by atoms with E-state index < -0.39 is 0 Å². The van der Waals surface area contributed by atoms with Gasteiger partial charge in [0.25, 0.3) is 0 Å². The highest BCUT2D eigenvalue weighted by molar-refractivity contribution is 9.10. The number of halogens is 2. The van der Waals surface area contributed by atoms with Gasteiger partial charge in [-0.25, -0.2) is 0 Å². The molecule has 1 saturated heterocycles. The van der Waals surface area contributed by atoms with Gasteiger partial charge in [-0.3, -0.25) is 4.79 Å². The van der Waals surface area contributed by atoms with E-state index in [0.717, 1.165) is 36.0 Å². The van der Waals surface area contributed by atoms with E-state index in [1.807, 2.05) is 24.3 Å². The molecule has 0 saturated carbocycles. The van der Waals surface area contributed by atoms with Crippen molar-refractivity contribution in [1.82, 2.24) is 10.6 Å². The highest BCUT2D eigenvalue weighted by Gasteiger charge is 2.15. The summed E-state index contributed by atoms with van der Waals surface area (Å²) in [7, 11) is 0. The molecule has 2 rings (SSSR count). The molecule has 18 heavy (non-hydrogen) atoms. The Bertz CT molecular complexity index is 394. The fourth-order valence-electron chi connectivity index (χ4n) is 2.09. The molecule has 0 aliphatic carbocycles. The minimum atomic E-state index is 0. The van der Waals surface area contributed by atoms with E-state index in [1.165, 1.54) is 0 Å². The van der Waals surface area contributed by atoms with Crippen molar-refractivity contribution in [3.8, 4) is 0 Å². The summed E-state index contributed by atoms with van der Waals surface area (Å²) in [6.45, 7) is 1.96. The third-order valence-corrected chi connectivity index (χ3v) is 3.41. The average Bonchev–Trinajstić information content (AvgIpc) is 2.30. The Hall–Kier alpha value is -0.580. The van der Waals surface area contributed by atoms with Crippen molar-refractivity contribution in [3.05, 3.63) is 34.3 Å². The third kappa shape index (κ3) is 4.96. The van der Waals surface area contributed by atoms with Crippen LogP contribution in [0.1, 0.15) is 18.4 Å². The molecule has 1 unspecified atom stereocenters. The maximum absolute atomic E-state index is 11.8. The number of rotatable bonds is 3. The van der Waals surface area contributed by atoms with Crippen molar-refractivity contribution in [1.29, 1.82) is 0 Å². The molecular weight excluding hydrogens is 316 g/mol. The molecule has 1 amide bonds. The van der Waals surface area contributed by atoms with E-state index in [0.29, 0.717) is 12.5 Å². The van der Waals surface area contributed by atoms with Gasteiger partial charge in [-0.05, 0) is 37.1 Å². The van der Waals surface area contributed by atoms with Crippen molar-refractivity contribution >= 4 is 34.2 Å². The quantitative estimate of drug-likeness (QED) is 0.891. The fourth-order valence-corrected chi connectivity index (χ4v) is 2.53. The molecule has 0 radical (unpaired) electrons. The Balaban J connectivity index is 0.00000162. The summed E-state index contributed by atoms with van der Waals surface area (Å²) >= 11 is 3.41. The number of carbonyl (C=O) groups is 1. The van der Waals surface area contributed by atoms with Crippen LogP contribution in [0.5, 0.6) is 0 Å². The molecule has 5 heteroatoms. The summed E-state index contributed by atoms with van der Waals surface area (Å²) in [5.74, 6) is 0.108. The average molecular weight is 334 g/mol. The maximum Gasteiger partial charge on any atom is 0.224 e. The number of carbonyl (C=O) groups excluding carboxylic acids is 1. The number of piperidine rings is 1. The van der Waals surface area contributed by atoms with Crippen LogP contribution in [0.3, 0.4) is 0 Å². The highest BCUT2D eigenvalue weighted by Crippen LogP contribution is 2.12. The predicted octanol–water partition coefficient (Wildman–Crippen LogP) is 2.28. The van der Waals surface area contributed by atoms with E-state index >= 15 is 0 Å². The van der Waals surface area contributed by atoms with Crippen LogP contribution in [0.4, 0.5) is 0 Å². The van der Waals surface area contributed by atoms with Crippen LogP contribution >= 0.6 is 28.3 Å². The van der Waals surface area contributed by atoms with Crippen LogP contribution in [-0.2, 0) is 11.2 Å². The number of hydrogen-bond donors (Lipinski definition) is 2. The largest absolute Gasteiger partial charge is 0.352 e. The monoisotopic (exact) mass is 332 g/mol. The summed E-state index contributed by atoms with van der Waals surface area (Å²) in [6, 6.07) is 8.17. The van der Waals surface area contributed by atoms with Gasteiger partial charge in [-0.1, -0.05) is 28.1 Å². The summed E-state index contributed by atoms with van der Waals surface area (Å²) in [5.41, 5.74) is 1.04. The van der Waals surface area contributed by atoms with Gasteiger partial charge in [0.15, 0.2) is 0 Å². The van der Waals surface area contributed by atoms with Gasteiger partial charge in [-0.15, -0.1) is 12.4 Å². The minimum absolute atomic E-state index is 0. The number of benzene rings is 1. The molecule has 3 nitrogen and oxygen atoms in total. The molecule has 1 heterocycles. The Morgan fingerprint density at radius 3 is 3.00 bits per heavy atom. The molecule has 1 atom stereocenters. The van der Waals surface area contributed by atoms with Gasteiger partial charge in [0.1, 0.15) is 0 Å². The standard InChI is InChI=1S/C13H17BrN2O.ClH/c14-11-4-1-3-10(7-11)8-13(17)16-12-5-2-6-15-9-12;/h1,3-4,7,12,15H,2,5-6,8-9H2,(H,16,17);1H. The van der Waals surface area contributed by atoms with Crippen molar-refractivity contribution in [2.24, 2.45) is 0 Å². The lowest BCUT2D eigenvalue weighted by Crippen LogP contribution is -2.46. The Kier molecular flexibility index (Phi) is 6.68. The SMILES string of the molecule is Cl.O=C(Cc1cccc(Br)c1)NC1CCCNC1. The van der Waals surface area contributed by atoms with E-state index in [4.69, 9.17) is 0 Å². The second-order valence-electron chi connectivity index (χ2n) is 4.42. The zero-order valence-corrected chi connectivity index (χ0v) is 12.5. The van der Waals surface area contributed by atoms with Gasteiger partial charge < -0.3 is 10.6 Å². The second kappa shape index (κ2) is 7.77. The molecule has 1 aliphatic rings. The lowest BCUT2D eigenvalue weighted by atomic mass is 10.1.